The molecule has 0 aliphatic carbocycles. The summed E-state index contributed by atoms with van der Waals surface area (Å²) in [6.07, 6.45) is 6.01. The van der Waals surface area contributed by atoms with Crippen molar-refractivity contribution in [1.82, 2.24) is 4.72 Å². The van der Waals surface area contributed by atoms with Gasteiger partial charge in [-0.3, -0.25) is 0 Å². The molecular formula is C13H15NO4S. The zero-order valence-electron chi connectivity index (χ0n) is 10.5. The van der Waals surface area contributed by atoms with Crippen LogP contribution in [0.4, 0.5) is 0 Å². The van der Waals surface area contributed by atoms with Gasteiger partial charge in [-0.2, -0.15) is 0 Å². The molecule has 0 radical (unpaired) electrons. The van der Waals surface area contributed by atoms with Gasteiger partial charge in [-0.15, -0.1) is 12.3 Å². The molecule has 0 heterocycles. The van der Waals surface area contributed by atoms with Crippen molar-refractivity contribution in [1.29, 1.82) is 0 Å². The van der Waals surface area contributed by atoms with Crippen LogP contribution in [0.3, 0.4) is 0 Å². The van der Waals surface area contributed by atoms with Crippen LogP contribution in [0.5, 0.6) is 0 Å². The second-order valence-corrected chi connectivity index (χ2v) is 5.68. The van der Waals surface area contributed by atoms with Crippen molar-refractivity contribution in [3.8, 4) is 12.3 Å². The molecule has 0 saturated heterocycles. The minimum absolute atomic E-state index is 0.0760. The maximum Gasteiger partial charge on any atom is 0.335 e. The Hall–Kier alpha value is -1.84. The van der Waals surface area contributed by atoms with E-state index in [-0.39, 0.29) is 22.9 Å². The van der Waals surface area contributed by atoms with Crippen LogP contribution in [0.1, 0.15) is 30.1 Å². The zero-order chi connectivity index (χ0) is 14.5. The summed E-state index contributed by atoms with van der Waals surface area (Å²) in [5.41, 5.74) is -0.0760. The fourth-order valence-corrected chi connectivity index (χ4v) is 2.86. The molecular weight excluding hydrogens is 266 g/mol. The van der Waals surface area contributed by atoms with Crippen molar-refractivity contribution in [2.45, 2.75) is 30.7 Å². The van der Waals surface area contributed by atoms with E-state index in [4.69, 9.17) is 11.5 Å². The van der Waals surface area contributed by atoms with Crippen LogP contribution < -0.4 is 4.72 Å². The van der Waals surface area contributed by atoms with Gasteiger partial charge in [0, 0.05) is 12.5 Å². The van der Waals surface area contributed by atoms with Gasteiger partial charge in [0.05, 0.1) is 10.5 Å². The molecule has 6 heteroatoms. The van der Waals surface area contributed by atoms with E-state index in [0.29, 0.717) is 6.42 Å². The van der Waals surface area contributed by atoms with Crippen molar-refractivity contribution in [2.24, 2.45) is 0 Å². The number of benzene rings is 1. The van der Waals surface area contributed by atoms with Gasteiger partial charge in [0.2, 0.25) is 10.0 Å². The Morgan fingerprint density at radius 1 is 1.53 bits per heavy atom. The Morgan fingerprint density at radius 2 is 2.21 bits per heavy atom. The highest BCUT2D eigenvalue weighted by atomic mass is 32.2. The van der Waals surface area contributed by atoms with E-state index in [2.05, 4.69) is 10.6 Å². The normalized spacial score (nSPS) is 12.6. The molecule has 0 aliphatic rings. The molecule has 0 aliphatic heterocycles. The largest absolute Gasteiger partial charge is 0.478 e. The fraction of sp³-hybridized carbons (Fsp3) is 0.308. The number of carboxylic acid groups (broad SMARTS) is 1. The quantitative estimate of drug-likeness (QED) is 0.773. The maximum absolute atomic E-state index is 12.1. The molecule has 1 aromatic rings. The molecule has 1 unspecified atom stereocenters. The lowest BCUT2D eigenvalue weighted by atomic mass is 10.2. The van der Waals surface area contributed by atoms with Crippen LogP contribution in [-0.2, 0) is 10.0 Å². The van der Waals surface area contributed by atoms with Crippen molar-refractivity contribution < 1.29 is 18.3 Å². The number of carbonyl (C=O) groups is 1. The zero-order valence-corrected chi connectivity index (χ0v) is 11.3. The molecule has 19 heavy (non-hydrogen) atoms. The fourth-order valence-electron chi connectivity index (χ4n) is 1.50. The van der Waals surface area contributed by atoms with E-state index < -0.39 is 16.0 Å². The molecule has 0 saturated carbocycles. The van der Waals surface area contributed by atoms with E-state index >= 15 is 0 Å². The number of rotatable bonds is 6. The third-order valence-electron chi connectivity index (χ3n) is 2.57. The van der Waals surface area contributed by atoms with E-state index in [9.17, 15) is 13.2 Å². The van der Waals surface area contributed by atoms with Crippen molar-refractivity contribution >= 4 is 16.0 Å². The molecule has 5 nitrogen and oxygen atoms in total. The Bertz CT molecular complexity index is 601. The second-order valence-electron chi connectivity index (χ2n) is 3.97. The minimum Gasteiger partial charge on any atom is -0.478 e. The van der Waals surface area contributed by atoms with Gasteiger partial charge in [-0.25, -0.2) is 17.9 Å². The average Bonchev–Trinajstić information content (AvgIpc) is 2.38. The van der Waals surface area contributed by atoms with E-state index in [0.717, 1.165) is 6.07 Å². The number of nitrogens with one attached hydrogen (secondary N) is 1. The molecule has 0 aromatic heterocycles. The number of terminal acetylenes is 1. The summed E-state index contributed by atoms with van der Waals surface area (Å²) in [6.45, 7) is 1.82. The Kier molecular flexibility index (Phi) is 5.10. The molecule has 0 fully saturated rings. The summed E-state index contributed by atoms with van der Waals surface area (Å²) in [4.78, 5) is 10.7. The molecule has 102 valence electrons. The number of sulfonamides is 1. The molecule has 2 N–H and O–H groups in total. The topological polar surface area (TPSA) is 83.5 Å². The SMILES string of the molecule is C#CCC(CC)NS(=O)(=O)c1cccc(C(=O)O)c1. The number of hydrogen-bond donors (Lipinski definition) is 2. The third kappa shape index (κ3) is 4.09. The first-order chi connectivity index (χ1) is 8.90. The number of hydrogen-bond acceptors (Lipinski definition) is 3. The van der Waals surface area contributed by atoms with Crippen molar-refractivity contribution in [3.63, 3.8) is 0 Å². The standard InChI is InChI=1S/C13H15NO4S/c1-3-6-11(4-2)14-19(17,18)12-8-5-7-10(9-12)13(15)16/h1,5,7-9,11,14H,4,6H2,2H3,(H,15,16). The lowest BCUT2D eigenvalue weighted by Gasteiger charge is -2.14. The van der Waals surface area contributed by atoms with Crippen LogP contribution in [0.15, 0.2) is 29.2 Å². The summed E-state index contributed by atoms with van der Waals surface area (Å²) in [5, 5.41) is 8.85. The third-order valence-corrected chi connectivity index (χ3v) is 4.09. The smallest absolute Gasteiger partial charge is 0.335 e. The van der Waals surface area contributed by atoms with Gasteiger partial charge < -0.3 is 5.11 Å². The van der Waals surface area contributed by atoms with Crippen LogP contribution in [0.2, 0.25) is 0 Å². The van der Waals surface area contributed by atoms with E-state index in [1.54, 1.807) is 0 Å². The first-order valence-corrected chi connectivity index (χ1v) is 7.18. The summed E-state index contributed by atoms with van der Waals surface area (Å²) < 4.78 is 26.6. The lowest BCUT2D eigenvalue weighted by molar-refractivity contribution is 0.0696. The molecule has 0 spiro atoms. The van der Waals surface area contributed by atoms with Gasteiger partial charge in [0.1, 0.15) is 0 Å². The summed E-state index contributed by atoms with van der Waals surface area (Å²) in [5.74, 6) is 1.23. The monoisotopic (exact) mass is 281 g/mol. The summed E-state index contributed by atoms with van der Waals surface area (Å²) >= 11 is 0. The highest BCUT2D eigenvalue weighted by molar-refractivity contribution is 7.89. The predicted octanol–water partition coefficient (Wildman–Crippen LogP) is 1.47. The minimum atomic E-state index is -3.76. The van der Waals surface area contributed by atoms with Gasteiger partial charge in [-0.1, -0.05) is 13.0 Å². The lowest BCUT2D eigenvalue weighted by Crippen LogP contribution is -2.34. The highest BCUT2D eigenvalue weighted by Gasteiger charge is 2.19. The number of aromatic carboxylic acids is 1. The molecule has 1 aromatic carbocycles. The average molecular weight is 281 g/mol. The van der Waals surface area contributed by atoms with Crippen LogP contribution in [-0.4, -0.2) is 25.5 Å². The van der Waals surface area contributed by atoms with Crippen molar-refractivity contribution in [3.05, 3.63) is 29.8 Å². The first kappa shape index (κ1) is 15.2. The molecule has 0 amide bonds. The van der Waals surface area contributed by atoms with Gasteiger partial charge in [0.25, 0.3) is 0 Å². The van der Waals surface area contributed by atoms with E-state index in [1.165, 1.54) is 18.2 Å². The van der Waals surface area contributed by atoms with Crippen LogP contribution >= 0.6 is 0 Å². The van der Waals surface area contributed by atoms with Crippen LogP contribution in [0, 0.1) is 12.3 Å². The van der Waals surface area contributed by atoms with E-state index in [1.807, 2.05) is 6.92 Å². The first-order valence-electron chi connectivity index (χ1n) is 5.70. The second kappa shape index (κ2) is 6.36. The van der Waals surface area contributed by atoms with Crippen molar-refractivity contribution in [2.75, 3.05) is 0 Å². The van der Waals surface area contributed by atoms with Gasteiger partial charge in [0.15, 0.2) is 0 Å². The highest BCUT2D eigenvalue weighted by Crippen LogP contribution is 2.13. The van der Waals surface area contributed by atoms with Gasteiger partial charge >= 0.3 is 5.97 Å². The summed E-state index contributed by atoms with van der Waals surface area (Å²) in [6, 6.07) is 4.83. The predicted molar refractivity (Wildman–Crippen MR) is 71.3 cm³/mol. The molecule has 1 atom stereocenters. The maximum atomic E-state index is 12.1. The number of carboxylic acids is 1. The van der Waals surface area contributed by atoms with Crippen LogP contribution in [0.25, 0.3) is 0 Å². The summed E-state index contributed by atoms with van der Waals surface area (Å²) in [7, 11) is -3.76. The Labute approximate surface area is 112 Å². The Balaban J connectivity index is 3.03. The van der Waals surface area contributed by atoms with Gasteiger partial charge in [-0.05, 0) is 24.6 Å². The molecule has 1 rings (SSSR count). The molecule has 0 bridgehead atoms. The Morgan fingerprint density at radius 3 is 2.74 bits per heavy atom.